The van der Waals surface area contributed by atoms with E-state index in [0.29, 0.717) is 6.42 Å². The molecule has 0 radical (unpaired) electrons. The van der Waals surface area contributed by atoms with Crippen LogP contribution in [0.1, 0.15) is 290 Å². The smallest absolute Gasteiger partial charge is 0.220 e. The molecule has 0 heterocycles. The quantitative estimate of drug-likeness (QED) is 0.0426. The number of aliphatic hydroxyl groups is 2. The van der Waals surface area contributed by atoms with E-state index in [-0.39, 0.29) is 12.5 Å². The average Bonchev–Trinajstić information content (AvgIpc) is 3.19. The van der Waals surface area contributed by atoms with Crippen molar-refractivity contribution in [2.75, 3.05) is 6.61 Å². The van der Waals surface area contributed by atoms with Crippen molar-refractivity contribution in [2.45, 2.75) is 302 Å². The Morgan fingerprint density at radius 1 is 0.418 bits per heavy atom. The highest BCUT2D eigenvalue weighted by Crippen LogP contribution is 2.17. The Hall–Kier alpha value is -0.870. The number of amides is 1. The summed E-state index contributed by atoms with van der Waals surface area (Å²) >= 11 is 0. The number of allylic oxidation sites excluding steroid dienone is 1. The molecule has 0 bridgehead atoms. The molecule has 0 saturated heterocycles. The van der Waals surface area contributed by atoms with Gasteiger partial charge in [0.05, 0.1) is 18.8 Å². The molecule has 0 aliphatic heterocycles. The maximum absolute atomic E-state index is 12.3. The third-order valence-corrected chi connectivity index (χ3v) is 12.0. The molecule has 2 atom stereocenters. The molecule has 0 aromatic heterocycles. The van der Waals surface area contributed by atoms with Crippen LogP contribution in [-0.4, -0.2) is 34.9 Å². The topological polar surface area (TPSA) is 69.6 Å². The number of hydrogen-bond donors (Lipinski definition) is 3. The van der Waals surface area contributed by atoms with E-state index in [1.54, 1.807) is 6.08 Å². The molecular weight excluding hydrogens is 675 g/mol. The van der Waals surface area contributed by atoms with E-state index in [2.05, 4.69) is 19.2 Å². The van der Waals surface area contributed by atoms with Crippen LogP contribution in [0.2, 0.25) is 0 Å². The van der Waals surface area contributed by atoms with E-state index in [4.69, 9.17) is 0 Å². The predicted octanol–water partition coefficient (Wildman–Crippen LogP) is 16.2. The van der Waals surface area contributed by atoms with Crippen molar-refractivity contribution in [3.8, 4) is 0 Å². The number of carbonyl (C=O) groups is 1. The first-order valence-electron chi connectivity index (χ1n) is 25.4. The lowest BCUT2D eigenvalue weighted by Gasteiger charge is -2.20. The van der Waals surface area contributed by atoms with Crippen LogP contribution in [0.4, 0.5) is 0 Å². The summed E-state index contributed by atoms with van der Waals surface area (Å²) in [6.45, 7) is 4.32. The van der Waals surface area contributed by atoms with Crippen molar-refractivity contribution in [1.82, 2.24) is 5.32 Å². The molecule has 0 aromatic rings. The van der Waals surface area contributed by atoms with Gasteiger partial charge in [-0.15, -0.1) is 0 Å². The number of nitrogens with one attached hydrogen (secondary N) is 1. The van der Waals surface area contributed by atoms with Crippen LogP contribution < -0.4 is 5.32 Å². The molecule has 2 unspecified atom stereocenters. The van der Waals surface area contributed by atoms with Gasteiger partial charge in [-0.05, 0) is 19.3 Å². The van der Waals surface area contributed by atoms with E-state index in [1.807, 2.05) is 6.08 Å². The van der Waals surface area contributed by atoms with Crippen LogP contribution in [0.5, 0.6) is 0 Å². The predicted molar refractivity (Wildman–Crippen MR) is 244 cm³/mol. The van der Waals surface area contributed by atoms with Crippen LogP contribution >= 0.6 is 0 Å². The second kappa shape index (κ2) is 47.5. The number of aliphatic hydroxyl groups excluding tert-OH is 2. The van der Waals surface area contributed by atoms with E-state index < -0.39 is 12.1 Å². The normalized spacial score (nSPS) is 12.9. The summed E-state index contributed by atoms with van der Waals surface area (Å²) in [7, 11) is 0. The van der Waals surface area contributed by atoms with Crippen LogP contribution in [0.3, 0.4) is 0 Å². The van der Waals surface area contributed by atoms with Gasteiger partial charge in [-0.25, -0.2) is 0 Å². The minimum absolute atomic E-state index is 0.0616. The Labute approximate surface area is 346 Å². The highest BCUT2D eigenvalue weighted by Gasteiger charge is 2.18. The second-order valence-electron chi connectivity index (χ2n) is 17.6. The Morgan fingerprint density at radius 2 is 0.673 bits per heavy atom. The lowest BCUT2D eigenvalue weighted by atomic mass is 10.0. The minimum Gasteiger partial charge on any atom is -0.394 e. The van der Waals surface area contributed by atoms with Crippen molar-refractivity contribution in [3.05, 3.63) is 12.2 Å². The minimum atomic E-state index is -0.834. The van der Waals surface area contributed by atoms with Crippen molar-refractivity contribution in [2.24, 2.45) is 0 Å². The van der Waals surface area contributed by atoms with E-state index in [9.17, 15) is 15.0 Å². The van der Waals surface area contributed by atoms with Crippen LogP contribution in [-0.2, 0) is 4.79 Å². The van der Waals surface area contributed by atoms with Gasteiger partial charge in [-0.2, -0.15) is 0 Å². The van der Waals surface area contributed by atoms with Gasteiger partial charge in [0.25, 0.3) is 0 Å². The zero-order chi connectivity index (χ0) is 40.0. The molecule has 0 aromatic carbocycles. The van der Waals surface area contributed by atoms with Crippen molar-refractivity contribution < 1.29 is 15.0 Å². The largest absolute Gasteiger partial charge is 0.394 e. The monoisotopic (exact) mass is 776 g/mol. The highest BCUT2D eigenvalue weighted by atomic mass is 16.3. The fourth-order valence-electron chi connectivity index (χ4n) is 8.12. The summed E-state index contributed by atoms with van der Waals surface area (Å²) in [5.74, 6) is -0.0616. The molecule has 0 rings (SSSR count). The highest BCUT2D eigenvalue weighted by molar-refractivity contribution is 5.76. The van der Waals surface area contributed by atoms with Gasteiger partial charge in [0.2, 0.25) is 5.91 Å². The van der Waals surface area contributed by atoms with Crippen LogP contribution in [0, 0.1) is 0 Å². The number of carbonyl (C=O) groups excluding carboxylic acids is 1. The van der Waals surface area contributed by atoms with E-state index in [1.165, 1.54) is 244 Å². The Kier molecular flexibility index (Phi) is 46.8. The van der Waals surface area contributed by atoms with Crippen LogP contribution in [0.15, 0.2) is 12.2 Å². The lowest BCUT2D eigenvalue weighted by molar-refractivity contribution is -0.123. The molecule has 0 aliphatic rings. The average molecular weight is 776 g/mol. The fourth-order valence-corrected chi connectivity index (χ4v) is 8.12. The Morgan fingerprint density at radius 3 is 0.945 bits per heavy atom. The molecule has 1 amide bonds. The van der Waals surface area contributed by atoms with Crippen molar-refractivity contribution >= 4 is 5.91 Å². The molecule has 4 nitrogen and oxygen atoms in total. The fraction of sp³-hybridized carbons (Fsp3) is 0.941. The van der Waals surface area contributed by atoms with Gasteiger partial charge in [-0.3, -0.25) is 4.79 Å². The standard InChI is InChI=1S/C51H101NO3/c1-3-5-7-9-11-13-15-16-17-18-19-20-21-22-23-24-25-26-27-28-29-30-31-32-33-34-35-37-38-40-42-44-46-50(54)49(48-53)52-51(55)47-45-43-41-39-36-14-12-10-8-6-4-2/h44,46,49-50,53-54H,3-43,45,47-48H2,1-2H3,(H,52,55)/b46-44+. The van der Waals surface area contributed by atoms with Gasteiger partial charge in [0.15, 0.2) is 0 Å². The summed E-state index contributed by atoms with van der Waals surface area (Å²) in [6.07, 6.45) is 60.8. The first-order chi connectivity index (χ1) is 27.2. The summed E-state index contributed by atoms with van der Waals surface area (Å²) in [5.41, 5.74) is 0. The molecular formula is C51H101NO3. The molecule has 0 aliphatic carbocycles. The summed E-state index contributed by atoms with van der Waals surface area (Å²) in [6, 6.07) is -0.616. The van der Waals surface area contributed by atoms with Gasteiger partial charge < -0.3 is 15.5 Å². The summed E-state index contributed by atoms with van der Waals surface area (Å²) < 4.78 is 0. The maximum Gasteiger partial charge on any atom is 0.220 e. The third-order valence-electron chi connectivity index (χ3n) is 12.0. The molecule has 0 saturated carbocycles. The number of rotatable bonds is 47. The van der Waals surface area contributed by atoms with Gasteiger partial charge in [-0.1, -0.05) is 276 Å². The SMILES string of the molecule is CCCCCCCCCCCCCCCCCCCCCCCCCCCCCCCC/C=C/C(O)C(CO)NC(=O)CCCCCCCCCCCCC. The Balaban J connectivity index is 3.39. The first kappa shape index (κ1) is 54.1. The molecule has 328 valence electrons. The molecule has 4 heteroatoms. The van der Waals surface area contributed by atoms with Gasteiger partial charge >= 0.3 is 0 Å². The summed E-state index contributed by atoms with van der Waals surface area (Å²) in [5, 5.41) is 23.0. The third kappa shape index (κ3) is 44.1. The van der Waals surface area contributed by atoms with Gasteiger partial charge in [0, 0.05) is 6.42 Å². The molecule has 3 N–H and O–H groups in total. The zero-order valence-electron chi connectivity index (χ0n) is 37.7. The van der Waals surface area contributed by atoms with Crippen molar-refractivity contribution in [3.63, 3.8) is 0 Å². The number of hydrogen-bond acceptors (Lipinski definition) is 3. The zero-order valence-corrected chi connectivity index (χ0v) is 37.7. The van der Waals surface area contributed by atoms with E-state index in [0.717, 1.165) is 25.7 Å². The van der Waals surface area contributed by atoms with Gasteiger partial charge in [0.1, 0.15) is 0 Å². The summed E-state index contributed by atoms with van der Waals surface area (Å²) in [4.78, 5) is 12.3. The first-order valence-corrected chi connectivity index (χ1v) is 25.4. The van der Waals surface area contributed by atoms with Crippen molar-refractivity contribution in [1.29, 1.82) is 0 Å². The molecule has 0 fully saturated rings. The molecule has 55 heavy (non-hydrogen) atoms. The number of unbranched alkanes of at least 4 members (excludes halogenated alkanes) is 40. The van der Waals surface area contributed by atoms with Crippen LogP contribution in [0.25, 0.3) is 0 Å². The molecule has 0 spiro atoms. The lowest BCUT2D eigenvalue weighted by Crippen LogP contribution is -2.45. The van der Waals surface area contributed by atoms with E-state index >= 15 is 0 Å². The maximum atomic E-state index is 12.3. The second-order valence-corrected chi connectivity index (χ2v) is 17.6. The Bertz CT molecular complexity index is 754.